The standard InChI is InChI=1S/C17H16Br3F/c1-12-4-2-3-5-15(12)17(10-18,11-19)9-13-6-7-14(20)8-16(13)21/h2-8H,9-11H2,1H3. The van der Waals surface area contributed by atoms with Gasteiger partial charge in [-0.05, 0) is 42.2 Å². The molecule has 0 atom stereocenters. The Morgan fingerprint density at radius 3 is 2.29 bits per heavy atom. The van der Waals surface area contributed by atoms with Crippen molar-refractivity contribution in [3.05, 3.63) is 69.4 Å². The quantitative estimate of drug-likeness (QED) is 0.451. The molecule has 112 valence electrons. The molecule has 0 bridgehead atoms. The zero-order chi connectivity index (χ0) is 15.5. The zero-order valence-electron chi connectivity index (χ0n) is 11.7. The van der Waals surface area contributed by atoms with Crippen molar-refractivity contribution in [2.45, 2.75) is 18.8 Å². The zero-order valence-corrected chi connectivity index (χ0v) is 16.4. The molecule has 0 saturated heterocycles. The second-order valence-electron chi connectivity index (χ2n) is 5.28. The highest BCUT2D eigenvalue weighted by molar-refractivity contribution is 9.10. The Morgan fingerprint density at radius 2 is 1.71 bits per heavy atom. The van der Waals surface area contributed by atoms with Crippen LogP contribution >= 0.6 is 47.8 Å². The maximum absolute atomic E-state index is 14.2. The number of rotatable bonds is 5. The molecule has 0 nitrogen and oxygen atoms in total. The Kier molecular flexibility index (Phi) is 6.04. The Morgan fingerprint density at radius 1 is 1.05 bits per heavy atom. The van der Waals surface area contributed by atoms with Gasteiger partial charge in [-0.15, -0.1) is 0 Å². The fourth-order valence-corrected chi connectivity index (χ4v) is 4.83. The molecule has 0 aliphatic carbocycles. The van der Waals surface area contributed by atoms with E-state index in [-0.39, 0.29) is 11.2 Å². The van der Waals surface area contributed by atoms with Gasteiger partial charge in [-0.3, -0.25) is 0 Å². The Bertz CT molecular complexity index is 621. The molecule has 4 heteroatoms. The molecule has 0 fully saturated rings. The number of halogens is 4. The first-order valence-electron chi connectivity index (χ1n) is 6.64. The lowest BCUT2D eigenvalue weighted by atomic mass is 9.77. The highest BCUT2D eigenvalue weighted by Crippen LogP contribution is 2.35. The third-order valence-electron chi connectivity index (χ3n) is 3.77. The van der Waals surface area contributed by atoms with Gasteiger partial charge in [-0.25, -0.2) is 4.39 Å². The molecule has 2 aromatic carbocycles. The monoisotopic (exact) mass is 476 g/mol. The summed E-state index contributed by atoms with van der Waals surface area (Å²) in [4.78, 5) is 0. The summed E-state index contributed by atoms with van der Waals surface area (Å²) < 4.78 is 15.0. The predicted octanol–water partition coefficient (Wildman–Crippen LogP) is 6.17. The minimum Gasteiger partial charge on any atom is -0.207 e. The van der Waals surface area contributed by atoms with Gasteiger partial charge in [-0.2, -0.15) is 0 Å². The number of hydrogen-bond donors (Lipinski definition) is 0. The average molecular weight is 479 g/mol. The van der Waals surface area contributed by atoms with Crippen molar-refractivity contribution in [2.75, 3.05) is 10.7 Å². The molecule has 0 N–H and O–H groups in total. The van der Waals surface area contributed by atoms with Crippen molar-refractivity contribution in [3.8, 4) is 0 Å². The molecule has 0 aromatic heterocycles. The van der Waals surface area contributed by atoms with Gasteiger partial charge in [0.2, 0.25) is 0 Å². The lowest BCUT2D eigenvalue weighted by Crippen LogP contribution is -2.34. The second-order valence-corrected chi connectivity index (χ2v) is 7.31. The molecule has 2 aromatic rings. The van der Waals surface area contributed by atoms with Gasteiger partial charge in [0.25, 0.3) is 0 Å². The van der Waals surface area contributed by atoms with Gasteiger partial charge in [0, 0.05) is 20.5 Å². The maximum atomic E-state index is 14.2. The van der Waals surface area contributed by atoms with Crippen LogP contribution in [0.3, 0.4) is 0 Å². The van der Waals surface area contributed by atoms with Crippen molar-refractivity contribution in [2.24, 2.45) is 0 Å². The van der Waals surface area contributed by atoms with Gasteiger partial charge >= 0.3 is 0 Å². The molecule has 0 spiro atoms. The number of alkyl halides is 2. The largest absolute Gasteiger partial charge is 0.207 e. The molecule has 0 amide bonds. The first kappa shape index (κ1) is 17.2. The fraction of sp³-hybridized carbons (Fsp3) is 0.294. The SMILES string of the molecule is Cc1ccccc1C(CBr)(CBr)Cc1ccc(Br)cc1F. The molecule has 0 aliphatic heterocycles. The van der Waals surface area contributed by atoms with E-state index < -0.39 is 0 Å². The van der Waals surface area contributed by atoms with Crippen LogP contribution < -0.4 is 0 Å². The summed E-state index contributed by atoms with van der Waals surface area (Å²) >= 11 is 10.6. The molecule has 0 aliphatic rings. The van der Waals surface area contributed by atoms with Crippen LogP contribution in [0.5, 0.6) is 0 Å². The van der Waals surface area contributed by atoms with Crippen LogP contribution in [0.1, 0.15) is 16.7 Å². The van der Waals surface area contributed by atoms with Crippen LogP contribution in [-0.2, 0) is 11.8 Å². The predicted molar refractivity (Wildman–Crippen MR) is 98.2 cm³/mol. The van der Waals surface area contributed by atoms with Gasteiger partial charge < -0.3 is 0 Å². The van der Waals surface area contributed by atoms with Crippen molar-refractivity contribution in [3.63, 3.8) is 0 Å². The van der Waals surface area contributed by atoms with E-state index in [1.54, 1.807) is 0 Å². The number of benzene rings is 2. The normalized spacial score (nSPS) is 11.7. The van der Waals surface area contributed by atoms with Crippen LogP contribution in [0.15, 0.2) is 46.9 Å². The lowest BCUT2D eigenvalue weighted by Gasteiger charge is -2.32. The summed E-state index contributed by atoms with van der Waals surface area (Å²) in [6, 6.07) is 13.6. The molecule has 0 heterocycles. The summed E-state index contributed by atoms with van der Waals surface area (Å²) in [5, 5.41) is 1.54. The number of aryl methyl sites for hydroxylation is 1. The fourth-order valence-electron chi connectivity index (χ4n) is 2.57. The summed E-state index contributed by atoms with van der Waals surface area (Å²) in [5.74, 6) is -0.163. The minimum atomic E-state index is -0.167. The third-order valence-corrected chi connectivity index (χ3v) is 6.41. The molecule has 0 saturated carbocycles. The van der Waals surface area contributed by atoms with Gasteiger partial charge in [0.15, 0.2) is 0 Å². The minimum absolute atomic E-state index is 0.163. The van der Waals surface area contributed by atoms with Crippen LogP contribution in [0.2, 0.25) is 0 Å². The van der Waals surface area contributed by atoms with Crippen LogP contribution in [0, 0.1) is 12.7 Å². The molecule has 0 unspecified atom stereocenters. The maximum Gasteiger partial charge on any atom is 0.127 e. The van der Waals surface area contributed by atoms with Gasteiger partial charge in [-0.1, -0.05) is 78.1 Å². The topological polar surface area (TPSA) is 0 Å². The van der Waals surface area contributed by atoms with Crippen LogP contribution in [-0.4, -0.2) is 10.7 Å². The van der Waals surface area contributed by atoms with Crippen LogP contribution in [0.25, 0.3) is 0 Å². The molecular formula is C17H16Br3F. The van der Waals surface area contributed by atoms with E-state index >= 15 is 0 Å². The first-order chi connectivity index (χ1) is 10.0. The Labute approximate surface area is 150 Å². The van der Waals surface area contributed by atoms with Crippen LogP contribution in [0.4, 0.5) is 4.39 Å². The first-order valence-corrected chi connectivity index (χ1v) is 9.68. The van der Waals surface area contributed by atoms with E-state index in [4.69, 9.17) is 0 Å². The summed E-state index contributed by atoms with van der Waals surface area (Å²) in [6.07, 6.45) is 0.646. The smallest absolute Gasteiger partial charge is 0.127 e. The van der Waals surface area contributed by atoms with E-state index in [1.807, 2.05) is 24.3 Å². The van der Waals surface area contributed by atoms with E-state index in [1.165, 1.54) is 17.2 Å². The molecule has 2 rings (SSSR count). The van der Waals surface area contributed by atoms with E-state index in [9.17, 15) is 4.39 Å². The van der Waals surface area contributed by atoms with Crippen molar-refractivity contribution >= 4 is 47.8 Å². The van der Waals surface area contributed by atoms with Crippen molar-refractivity contribution in [1.82, 2.24) is 0 Å². The Hall–Kier alpha value is -0.190. The third kappa shape index (κ3) is 3.77. The van der Waals surface area contributed by atoms with E-state index in [0.717, 1.165) is 20.7 Å². The van der Waals surface area contributed by atoms with Gasteiger partial charge in [0.05, 0.1) is 0 Å². The Balaban J connectivity index is 2.46. The van der Waals surface area contributed by atoms with E-state index in [0.29, 0.717) is 6.42 Å². The summed E-state index contributed by atoms with van der Waals surface area (Å²) in [5.41, 5.74) is 3.05. The highest BCUT2D eigenvalue weighted by atomic mass is 79.9. The van der Waals surface area contributed by atoms with Crippen molar-refractivity contribution < 1.29 is 4.39 Å². The van der Waals surface area contributed by atoms with Gasteiger partial charge in [0.1, 0.15) is 5.82 Å². The average Bonchev–Trinajstić information content (AvgIpc) is 2.48. The molecule has 21 heavy (non-hydrogen) atoms. The molecule has 0 radical (unpaired) electrons. The lowest BCUT2D eigenvalue weighted by molar-refractivity contribution is 0.520. The summed E-state index contributed by atoms with van der Waals surface area (Å²) in [7, 11) is 0. The second kappa shape index (κ2) is 7.38. The highest BCUT2D eigenvalue weighted by Gasteiger charge is 2.32. The number of hydrogen-bond acceptors (Lipinski definition) is 0. The summed E-state index contributed by atoms with van der Waals surface area (Å²) in [6.45, 7) is 2.10. The molecular weight excluding hydrogens is 463 g/mol. The van der Waals surface area contributed by atoms with E-state index in [2.05, 4.69) is 66.8 Å². The van der Waals surface area contributed by atoms with Crippen molar-refractivity contribution in [1.29, 1.82) is 0 Å².